The van der Waals surface area contributed by atoms with E-state index in [1.165, 1.54) is 12.1 Å². The van der Waals surface area contributed by atoms with Crippen LogP contribution in [0.1, 0.15) is 18.9 Å². The van der Waals surface area contributed by atoms with Crippen LogP contribution in [0.2, 0.25) is 0 Å². The van der Waals surface area contributed by atoms with E-state index in [1.54, 1.807) is 0 Å². The molecule has 0 bridgehead atoms. The highest BCUT2D eigenvalue weighted by atomic mass is 19.4. The molecule has 0 aliphatic carbocycles. The molecule has 2 aliphatic rings. The van der Waals surface area contributed by atoms with E-state index in [-0.39, 0.29) is 0 Å². The van der Waals surface area contributed by atoms with E-state index in [0.717, 1.165) is 70.5 Å². The van der Waals surface area contributed by atoms with Crippen LogP contribution in [0, 0.1) is 0 Å². The number of guanidine groups is 1. The number of hydrogen-bond acceptors (Lipinski definition) is 4. The molecule has 1 aromatic rings. The first-order chi connectivity index (χ1) is 14.0. The lowest BCUT2D eigenvalue weighted by Gasteiger charge is -2.32. The van der Waals surface area contributed by atoms with Gasteiger partial charge >= 0.3 is 6.18 Å². The molecule has 2 heterocycles. The third kappa shape index (κ3) is 6.24. The summed E-state index contributed by atoms with van der Waals surface area (Å²) in [7, 11) is 0. The Morgan fingerprint density at radius 3 is 2.59 bits per heavy atom. The van der Waals surface area contributed by atoms with Crippen molar-refractivity contribution in [3.63, 3.8) is 0 Å². The molecule has 0 aromatic heterocycles. The predicted molar refractivity (Wildman–Crippen MR) is 105 cm³/mol. The molecule has 2 aliphatic heterocycles. The van der Waals surface area contributed by atoms with E-state index in [0.29, 0.717) is 24.9 Å². The molecule has 6 nitrogen and oxygen atoms in total. The highest BCUT2D eigenvalue weighted by molar-refractivity contribution is 5.80. The molecule has 1 unspecified atom stereocenters. The van der Waals surface area contributed by atoms with Crippen molar-refractivity contribution >= 4 is 5.96 Å². The SMILES string of the molecule is CCNC(=NCCOc1ccc(C(F)(F)F)cc1)N1CCC(N2CCOCC2)C1. The molecular formula is C20H29F3N4O2. The van der Waals surface area contributed by atoms with Crippen LogP contribution in [0.5, 0.6) is 5.75 Å². The number of morpholine rings is 1. The number of likely N-dealkylation sites (tertiary alicyclic amines) is 1. The van der Waals surface area contributed by atoms with E-state index >= 15 is 0 Å². The Bertz CT molecular complexity index is 661. The number of benzene rings is 1. The summed E-state index contributed by atoms with van der Waals surface area (Å²) in [5.41, 5.74) is -0.679. The van der Waals surface area contributed by atoms with E-state index in [2.05, 4.69) is 20.1 Å². The number of halogens is 3. The molecule has 0 spiro atoms. The second-order valence-electron chi connectivity index (χ2n) is 7.14. The van der Waals surface area contributed by atoms with Crippen molar-refractivity contribution in [1.82, 2.24) is 15.1 Å². The van der Waals surface area contributed by atoms with Gasteiger partial charge in [0.25, 0.3) is 0 Å². The van der Waals surface area contributed by atoms with Crippen molar-refractivity contribution in [3.05, 3.63) is 29.8 Å². The average molecular weight is 414 g/mol. The Balaban J connectivity index is 1.48. The standard InChI is InChI=1S/C20H29F3N4O2/c1-2-24-19(27-9-7-17(15-27)26-10-13-28-14-11-26)25-8-12-29-18-5-3-16(4-6-18)20(21,22)23/h3-6,17H,2,7-15H2,1H3,(H,24,25). The van der Waals surface area contributed by atoms with Gasteiger partial charge in [-0.05, 0) is 37.6 Å². The van der Waals surface area contributed by atoms with Gasteiger partial charge in [-0.2, -0.15) is 13.2 Å². The molecule has 0 radical (unpaired) electrons. The molecule has 1 aromatic carbocycles. The van der Waals surface area contributed by atoms with Gasteiger partial charge in [0.05, 0.1) is 25.3 Å². The molecular weight excluding hydrogens is 385 g/mol. The zero-order valence-corrected chi connectivity index (χ0v) is 16.7. The fourth-order valence-corrected chi connectivity index (χ4v) is 3.66. The number of aliphatic imine (C=N–C) groups is 1. The number of nitrogens with one attached hydrogen (secondary N) is 1. The molecule has 0 amide bonds. The third-order valence-electron chi connectivity index (χ3n) is 5.16. The van der Waals surface area contributed by atoms with Crippen LogP contribution in [-0.2, 0) is 10.9 Å². The van der Waals surface area contributed by atoms with Gasteiger partial charge < -0.3 is 19.7 Å². The van der Waals surface area contributed by atoms with E-state index in [4.69, 9.17) is 9.47 Å². The van der Waals surface area contributed by atoms with Crippen LogP contribution in [0.15, 0.2) is 29.3 Å². The Hall–Kier alpha value is -2.00. The molecule has 3 rings (SSSR count). The van der Waals surface area contributed by atoms with Gasteiger partial charge in [0.1, 0.15) is 12.4 Å². The molecule has 2 saturated heterocycles. The van der Waals surface area contributed by atoms with Crippen LogP contribution in [0.4, 0.5) is 13.2 Å². The van der Waals surface area contributed by atoms with Crippen molar-refractivity contribution in [3.8, 4) is 5.75 Å². The number of rotatable bonds is 6. The lowest BCUT2D eigenvalue weighted by atomic mass is 10.2. The smallest absolute Gasteiger partial charge is 0.416 e. The molecule has 9 heteroatoms. The van der Waals surface area contributed by atoms with Crippen molar-refractivity contribution < 1.29 is 22.6 Å². The monoisotopic (exact) mass is 414 g/mol. The van der Waals surface area contributed by atoms with Gasteiger partial charge in [-0.3, -0.25) is 4.90 Å². The van der Waals surface area contributed by atoms with Crippen molar-refractivity contribution in [2.45, 2.75) is 25.6 Å². The molecule has 162 valence electrons. The Kier molecular flexibility index (Phi) is 7.60. The summed E-state index contributed by atoms with van der Waals surface area (Å²) in [5, 5.41) is 3.32. The van der Waals surface area contributed by atoms with Gasteiger partial charge in [-0.1, -0.05) is 0 Å². The highest BCUT2D eigenvalue weighted by Gasteiger charge is 2.31. The summed E-state index contributed by atoms with van der Waals surface area (Å²) < 4.78 is 48.8. The van der Waals surface area contributed by atoms with Gasteiger partial charge in [0, 0.05) is 38.8 Å². The fourth-order valence-electron chi connectivity index (χ4n) is 3.66. The van der Waals surface area contributed by atoms with Crippen LogP contribution in [0.3, 0.4) is 0 Å². The zero-order valence-electron chi connectivity index (χ0n) is 16.7. The summed E-state index contributed by atoms with van der Waals surface area (Å²) in [6, 6.07) is 5.25. The van der Waals surface area contributed by atoms with E-state index in [1.807, 2.05) is 6.92 Å². The number of nitrogens with zero attached hydrogens (tertiary/aromatic N) is 3. The first-order valence-corrected chi connectivity index (χ1v) is 10.1. The quantitative estimate of drug-likeness (QED) is 0.440. The van der Waals surface area contributed by atoms with Gasteiger partial charge in [0.15, 0.2) is 5.96 Å². The first kappa shape index (κ1) is 21.7. The van der Waals surface area contributed by atoms with E-state index in [9.17, 15) is 13.2 Å². The van der Waals surface area contributed by atoms with E-state index < -0.39 is 11.7 Å². The summed E-state index contributed by atoms with van der Waals surface area (Å²) in [5.74, 6) is 1.27. The average Bonchev–Trinajstić information content (AvgIpc) is 3.21. The van der Waals surface area contributed by atoms with Crippen LogP contribution < -0.4 is 10.1 Å². The largest absolute Gasteiger partial charge is 0.492 e. The lowest BCUT2D eigenvalue weighted by Crippen LogP contribution is -2.46. The molecule has 29 heavy (non-hydrogen) atoms. The molecule has 1 atom stereocenters. The van der Waals surface area contributed by atoms with Crippen molar-refractivity contribution in [2.75, 3.05) is 59.1 Å². The number of alkyl halides is 3. The summed E-state index contributed by atoms with van der Waals surface area (Å²) in [6.45, 7) is 8.99. The highest BCUT2D eigenvalue weighted by Crippen LogP contribution is 2.30. The van der Waals surface area contributed by atoms with Crippen molar-refractivity contribution in [2.24, 2.45) is 4.99 Å². The minimum Gasteiger partial charge on any atom is -0.492 e. The second kappa shape index (κ2) is 10.2. The zero-order chi connectivity index (χ0) is 20.7. The fraction of sp³-hybridized carbons (Fsp3) is 0.650. The topological polar surface area (TPSA) is 49.3 Å². The minimum absolute atomic E-state index is 0.307. The first-order valence-electron chi connectivity index (χ1n) is 10.1. The summed E-state index contributed by atoms with van der Waals surface area (Å²) >= 11 is 0. The van der Waals surface area contributed by atoms with Crippen LogP contribution in [0.25, 0.3) is 0 Å². The van der Waals surface area contributed by atoms with Crippen molar-refractivity contribution in [1.29, 1.82) is 0 Å². The Morgan fingerprint density at radius 1 is 1.21 bits per heavy atom. The maximum Gasteiger partial charge on any atom is 0.416 e. The number of ether oxygens (including phenoxy) is 2. The van der Waals surface area contributed by atoms with Crippen LogP contribution >= 0.6 is 0 Å². The minimum atomic E-state index is -4.33. The summed E-state index contributed by atoms with van der Waals surface area (Å²) in [4.78, 5) is 9.38. The lowest BCUT2D eigenvalue weighted by molar-refractivity contribution is -0.137. The molecule has 1 N–H and O–H groups in total. The summed E-state index contributed by atoms with van der Waals surface area (Å²) in [6.07, 6.45) is -3.23. The molecule has 0 saturated carbocycles. The van der Waals surface area contributed by atoms with Gasteiger partial charge in [-0.25, -0.2) is 4.99 Å². The van der Waals surface area contributed by atoms with Crippen LogP contribution in [-0.4, -0.2) is 80.9 Å². The normalized spacial score (nSPS) is 21.4. The third-order valence-corrected chi connectivity index (χ3v) is 5.16. The van der Waals surface area contributed by atoms with Gasteiger partial charge in [-0.15, -0.1) is 0 Å². The Morgan fingerprint density at radius 2 is 1.93 bits per heavy atom. The second-order valence-corrected chi connectivity index (χ2v) is 7.14. The maximum absolute atomic E-state index is 12.6. The molecule has 2 fully saturated rings. The van der Waals surface area contributed by atoms with Gasteiger partial charge in [0.2, 0.25) is 0 Å². The number of hydrogen-bond donors (Lipinski definition) is 1. The Labute approximate surface area is 169 Å². The maximum atomic E-state index is 12.6. The predicted octanol–water partition coefficient (Wildman–Crippen LogP) is 2.46.